The lowest BCUT2D eigenvalue weighted by Gasteiger charge is -2.43. The Bertz CT molecular complexity index is 995. The van der Waals surface area contributed by atoms with E-state index in [1.165, 1.54) is 4.57 Å². The molecule has 9 heteroatoms. The third-order valence-corrected chi connectivity index (χ3v) is 5.78. The smallest absolute Gasteiger partial charge is 0.328 e. The van der Waals surface area contributed by atoms with E-state index in [0.29, 0.717) is 31.0 Å². The van der Waals surface area contributed by atoms with Crippen LogP contribution in [0.3, 0.4) is 0 Å². The third-order valence-electron chi connectivity index (χ3n) is 5.78. The number of hydrogen-bond donors (Lipinski definition) is 1. The van der Waals surface area contributed by atoms with Gasteiger partial charge in [-0.3, -0.25) is 18.8 Å². The Labute approximate surface area is 176 Å². The molecule has 0 saturated carbocycles. The molecule has 9 nitrogen and oxygen atoms in total. The Morgan fingerprint density at radius 1 is 1.27 bits per heavy atom. The van der Waals surface area contributed by atoms with E-state index in [9.17, 15) is 14.4 Å². The summed E-state index contributed by atoms with van der Waals surface area (Å²) in [5, 5.41) is 7.16. The average Bonchev–Trinajstić information content (AvgIpc) is 3.15. The van der Waals surface area contributed by atoms with E-state index >= 15 is 0 Å². The van der Waals surface area contributed by atoms with Gasteiger partial charge in [0.25, 0.3) is 5.91 Å². The normalized spacial score (nSPS) is 19.0. The molecule has 2 amide bonds. The third kappa shape index (κ3) is 4.44. The number of likely N-dealkylation sites (tertiary alicyclic amines) is 1. The first-order valence-electron chi connectivity index (χ1n) is 10.4. The van der Waals surface area contributed by atoms with Gasteiger partial charge >= 0.3 is 5.69 Å². The lowest BCUT2D eigenvalue weighted by Crippen LogP contribution is -2.59. The van der Waals surface area contributed by atoms with Gasteiger partial charge < -0.3 is 10.2 Å². The van der Waals surface area contributed by atoms with Gasteiger partial charge in [-0.15, -0.1) is 0 Å². The van der Waals surface area contributed by atoms with Gasteiger partial charge in [0.2, 0.25) is 5.91 Å². The summed E-state index contributed by atoms with van der Waals surface area (Å²) >= 11 is 0. The molecule has 0 aliphatic carbocycles. The molecular formula is C21H30N6O3. The fourth-order valence-corrected chi connectivity index (χ4v) is 4.00. The highest BCUT2D eigenvalue weighted by Gasteiger charge is 2.43. The summed E-state index contributed by atoms with van der Waals surface area (Å²) in [4.78, 5) is 43.9. The largest absolute Gasteiger partial charge is 0.347 e. The predicted molar refractivity (Wildman–Crippen MR) is 113 cm³/mol. The molecule has 1 fully saturated rings. The summed E-state index contributed by atoms with van der Waals surface area (Å²) in [6.45, 7) is 8.85. The Morgan fingerprint density at radius 3 is 2.70 bits per heavy atom. The van der Waals surface area contributed by atoms with Gasteiger partial charge in [0, 0.05) is 49.7 Å². The van der Waals surface area contributed by atoms with Crippen LogP contribution in [0.5, 0.6) is 0 Å². The molecule has 3 rings (SSSR count). The monoisotopic (exact) mass is 414 g/mol. The van der Waals surface area contributed by atoms with Crippen LogP contribution in [0, 0.1) is 13.8 Å². The topological polar surface area (TPSA) is 102 Å². The van der Waals surface area contributed by atoms with Gasteiger partial charge in [-0.2, -0.15) is 10.1 Å². The SMILES string of the molecule is CCn1ccc(NC(=O)[C@]2(C)CCCCN2C(=O)CCn2c(C)cc(C)nc2=O)n1. The maximum Gasteiger partial charge on any atom is 0.347 e. The minimum atomic E-state index is -0.948. The summed E-state index contributed by atoms with van der Waals surface area (Å²) < 4.78 is 3.24. The van der Waals surface area contributed by atoms with Gasteiger partial charge in [-0.25, -0.2) is 4.79 Å². The Balaban J connectivity index is 1.73. The van der Waals surface area contributed by atoms with Crippen molar-refractivity contribution in [3.8, 4) is 0 Å². The van der Waals surface area contributed by atoms with E-state index in [2.05, 4.69) is 15.4 Å². The number of piperidine rings is 1. The molecule has 1 saturated heterocycles. The number of carbonyl (C=O) groups is 2. The molecule has 0 spiro atoms. The van der Waals surface area contributed by atoms with Crippen molar-refractivity contribution in [1.82, 2.24) is 24.2 Å². The van der Waals surface area contributed by atoms with E-state index in [1.54, 1.807) is 35.7 Å². The zero-order valence-corrected chi connectivity index (χ0v) is 18.1. The molecular weight excluding hydrogens is 384 g/mol. The molecule has 30 heavy (non-hydrogen) atoms. The van der Waals surface area contributed by atoms with Gasteiger partial charge in [-0.1, -0.05) is 0 Å². The van der Waals surface area contributed by atoms with Crippen molar-refractivity contribution in [2.45, 2.75) is 72.0 Å². The molecule has 0 unspecified atom stereocenters. The molecule has 0 radical (unpaired) electrons. The number of aryl methyl sites for hydroxylation is 3. The van der Waals surface area contributed by atoms with Gasteiger partial charge in [0.05, 0.1) is 0 Å². The van der Waals surface area contributed by atoms with Crippen LogP contribution in [0.15, 0.2) is 23.1 Å². The van der Waals surface area contributed by atoms with Gasteiger partial charge in [0.15, 0.2) is 5.82 Å². The molecule has 162 valence electrons. The van der Waals surface area contributed by atoms with Crippen molar-refractivity contribution in [3.63, 3.8) is 0 Å². The summed E-state index contributed by atoms with van der Waals surface area (Å²) in [7, 11) is 0. The van der Waals surface area contributed by atoms with Gasteiger partial charge in [0.1, 0.15) is 5.54 Å². The summed E-state index contributed by atoms with van der Waals surface area (Å²) in [5.74, 6) is 0.106. The molecule has 2 aromatic heterocycles. The second-order valence-corrected chi connectivity index (χ2v) is 8.01. The number of amides is 2. The maximum absolute atomic E-state index is 13.1. The number of hydrogen-bond acceptors (Lipinski definition) is 5. The minimum Gasteiger partial charge on any atom is -0.328 e. The molecule has 0 aromatic carbocycles. The molecule has 0 bridgehead atoms. The second kappa shape index (κ2) is 8.81. The maximum atomic E-state index is 13.1. The van der Waals surface area contributed by atoms with E-state index in [1.807, 2.05) is 19.9 Å². The average molecular weight is 415 g/mol. The van der Waals surface area contributed by atoms with Crippen LogP contribution in [-0.2, 0) is 22.7 Å². The Morgan fingerprint density at radius 2 is 2.03 bits per heavy atom. The summed E-state index contributed by atoms with van der Waals surface area (Å²) in [5.41, 5.74) is 0.124. The zero-order chi connectivity index (χ0) is 21.9. The molecule has 1 aliphatic heterocycles. The van der Waals surface area contributed by atoms with Crippen LogP contribution >= 0.6 is 0 Å². The van der Waals surface area contributed by atoms with Gasteiger partial charge in [-0.05, 0) is 53.0 Å². The van der Waals surface area contributed by atoms with Crippen molar-refractivity contribution in [3.05, 3.63) is 40.2 Å². The fourth-order valence-electron chi connectivity index (χ4n) is 4.00. The molecule has 1 aliphatic rings. The second-order valence-electron chi connectivity index (χ2n) is 8.01. The highest BCUT2D eigenvalue weighted by molar-refractivity contribution is 5.99. The van der Waals surface area contributed by atoms with Crippen molar-refractivity contribution >= 4 is 17.6 Å². The number of nitrogens with zero attached hydrogens (tertiary/aromatic N) is 5. The molecule has 2 aromatic rings. The van der Waals surface area contributed by atoms with E-state index in [-0.39, 0.29) is 30.5 Å². The van der Waals surface area contributed by atoms with Crippen LogP contribution < -0.4 is 11.0 Å². The summed E-state index contributed by atoms with van der Waals surface area (Å²) in [6.07, 6.45) is 4.25. The zero-order valence-electron chi connectivity index (χ0n) is 18.1. The number of rotatable bonds is 6. The number of carbonyl (C=O) groups excluding carboxylic acids is 2. The molecule has 1 atom stereocenters. The molecule has 3 heterocycles. The first kappa shape index (κ1) is 21.7. The standard InChI is InChI=1S/C21H30N6O3/c1-5-25-12-8-17(24-25)23-19(29)21(4)10-6-7-11-27(21)18(28)9-13-26-16(3)14-15(2)22-20(26)30/h8,12,14H,5-7,9-11,13H2,1-4H3,(H,23,24,29)/t21-/m0/s1. The van der Waals surface area contributed by atoms with Crippen molar-refractivity contribution in [2.24, 2.45) is 0 Å². The quantitative estimate of drug-likeness (QED) is 0.778. The van der Waals surface area contributed by atoms with E-state index in [4.69, 9.17) is 0 Å². The van der Waals surface area contributed by atoms with Crippen LogP contribution in [0.4, 0.5) is 5.82 Å². The summed E-state index contributed by atoms with van der Waals surface area (Å²) in [6, 6.07) is 3.57. The highest BCUT2D eigenvalue weighted by Crippen LogP contribution is 2.30. The van der Waals surface area contributed by atoms with Crippen molar-refractivity contribution < 1.29 is 9.59 Å². The van der Waals surface area contributed by atoms with Crippen molar-refractivity contribution in [1.29, 1.82) is 0 Å². The van der Waals surface area contributed by atoms with Crippen LogP contribution in [-0.4, -0.2) is 48.1 Å². The lowest BCUT2D eigenvalue weighted by atomic mass is 9.87. The predicted octanol–water partition coefficient (Wildman–Crippen LogP) is 1.88. The first-order valence-corrected chi connectivity index (χ1v) is 10.4. The lowest BCUT2D eigenvalue weighted by molar-refractivity contribution is -0.147. The first-order chi connectivity index (χ1) is 14.2. The number of nitrogens with one attached hydrogen (secondary N) is 1. The number of aromatic nitrogens is 4. The van der Waals surface area contributed by atoms with Crippen LogP contribution in [0.1, 0.15) is 50.9 Å². The molecule has 1 N–H and O–H groups in total. The highest BCUT2D eigenvalue weighted by atomic mass is 16.2. The minimum absolute atomic E-state index is 0.138. The number of anilines is 1. The van der Waals surface area contributed by atoms with Crippen molar-refractivity contribution in [2.75, 3.05) is 11.9 Å². The fraction of sp³-hybridized carbons (Fsp3) is 0.571. The van der Waals surface area contributed by atoms with Crippen LogP contribution in [0.2, 0.25) is 0 Å². The Kier molecular flexibility index (Phi) is 6.38. The van der Waals surface area contributed by atoms with E-state index < -0.39 is 5.54 Å². The van der Waals surface area contributed by atoms with Crippen LogP contribution in [0.25, 0.3) is 0 Å². The Hall–Kier alpha value is -2.97. The van der Waals surface area contributed by atoms with E-state index in [0.717, 1.165) is 18.5 Å².